The minimum atomic E-state index is 0.0282. The molecule has 0 spiro atoms. The van der Waals surface area contributed by atoms with Gasteiger partial charge in [-0.25, -0.2) is 0 Å². The topological polar surface area (TPSA) is 32.3 Å². The van der Waals surface area contributed by atoms with Gasteiger partial charge in [0.15, 0.2) is 0 Å². The van der Waals surface area contributed by atoms with E-state index in [9.17, 15) is 4.79 Å². The molecule has 1 heterocycles. The molecule has 3 nitrogen and oxygen atoms in total. The minimum Gasteiger partial charge on any atom is -0.373 e. The summed E-state index contributed by atoms with van der Waals surface area (Å²) in [6.45, 7) is 9.62. The lowest BCUT2D eigenvalue weighted by Gasteiger charge is -2.24. The molecule has 0 bridgehead atoms. The summed E-state index contributed by atoms with van der Waals surface area (Å²) in [5.41, 5.74) is 6.83. The first-order chi connectivity index (χ1) is 12.3. The van der Waals surface area contributed by atoms with Crippen LogP contribution in [0.2, 0.25) is 0 Å². The lowest BCUT2D eigenvalue weighted by atomic mass is 9.94. The predicted molar refractivity (Wildman–Crippen MR) is 109 cm³/mol. The van der Waals surface area contributed by atoms with Crippen LogP contribution in [0, 0.1) is 19.8 Å². The molecule has 2 aromatic rings. The quantitative estimate of drug-likeness (QED) is 0.839. The Morgan fingerprint density at radius 1 is 1.15 bits per heavy atom. The van der Waals surface area contributed by atoms with Crippen molar-refractivity contribution in [2.45, 2.75) is 46.6 Å². The summed E-state index contributed by atoms with van der Waals surface area (Å²) < 4.78 is 0. The van der Waals surface area contributed by atoms with Crippen LogP contribution in [0.4, 0.5) is 5.69 Å². The van der Waals surface area contributed by atoms with Crippen LogP contribution in [0.15, 0.2) is 36.4 Å². The van der Waals surface area contributed by atoms with Gasteiger partial charge in [0.25, 0.3) is 5.91 Å². The molecule has 0 radical (unpaired) electrons. The molecule has 0 aliphatic carbocycles. The van der Waals surface area contributed by atoms with E-state index < -0.39 is 0 Å². The number of fused-ring (bicyclic) bond motifs is 1. The van der Waals surface area contributed by atoms with E-state index in [4.69, 9.17) is 0 Å². The molecule has 138 valence electrons. The fraction of sp³-hybridized carbons (Fsp3) is 0.435. The number of anilines is 1. The average Bonchev–Trinajstić information content (AvgIpc) is 2.94. The minimum absolute atomic E-state index is 0.0282. The van der Waals surface area contributed by atoms with Crippen LogP contribution in [0.3, 0.4) is 0 Å². The van der Waals surface area contributed by atoms with E-state index in [-0.39, 0.29) is 11.9 Å². The van der Waals surface area contributed by atoms with Crippen molar-refractivity contribution in [2.75, 3.05) is 18.5 Å². The molecule has 0 aromatic heterocycles. The van der Waals surface area contributed by atoms with Crippen LogP contribution in [-0.4, -0.2) is 19.5 Å². The van der Waals surface area contributed by atoms with E-state index >= 15 is 0 Å². The zero-order chi connectivity index (χ0) is 18.8. The number of hydrogen-bond acceptors (Lipinski definition) is 2. The number of aryl methyl sites for hydroxylation is 2. The van der Waals surface area contributed by atoms with Gasteiger partial charge in [-0.15, -0.1) is 0 Å². The first-order valence-corrected chi connectivity index (χ1v) is 9.57. The maximum atomic E-state index is 13.1. The smallest absolute Gasteiger partial charge is 0.253 e. The van der Waals surface area contributed by atoms with E-state index in [2.05, 4.69) is 69.2 Å². The number of rotatable bonds is 5. The van der Waals surface area contributed by atoms with Crippen LogP contribution in [0.5, 0.6) is 0 Å². The molecule has 1 unspecified atom stereocenters. The maximum Gasteiger partial charge on any atom is 0.253 e. The highest BCUT2D eigenvalue weighted by Gasteiger charge is 2.25. The SMILES string of the molecule is Cc1cc(C)cc(C(CC(C)C)NC(=O)c2cccc3c2N(C)CC3)c1. The monoisotopic (exact) mass is 350 g/mol. The average molecular weight is 351 g/mol. The molecule has 3 heteroatoms. The number of likely N-dealkylation sites (N-methyl/N-ethyl adjacent to an activating group) is 1. The maximum absolute atomic E-state index is 13.1. The lowest BCUT2D eigenvalue weighted by Crippen LogP contribution is -2.31. The highest BCUT2D eigenvalue weighted by molar-refractivity contribution is 6.01. The molecule has 1 aliphatic heterocycles. The summed E-state index contributed by atoms with van der Waals surface area (Å²) in [4.78, 5) is 15.3. The Morgan fingerprint density at radius 2 is 1.85 bits per heavy atom. The van der Waals surface area contributed by atoms with Gasteiger partial charge in [-0.2, -0.15) is 0 Å². The van der Waals surface area contributed by atoms with E-state index in [1.807, 2.05) is 12.1 Å². The molecule has 3 rings (SSSR count). The van der Waals surface area contributed by atoms with Crippen molar-refractivity contribution < 1.29 is 4.79 Å². The number of nitrogens with zero attached hydrogens (tertiary/aromatic N) is 1. The zero-order valence-electron chi connectivity index (χ0n) is 16.6. The summed E-state index contributed by atoms with van der Waals surface area (Å²) in [5.74, 6) is 0.533. The zero-order valence-corrected chi connectivity index (χ0v) is 16.6. The first kappa shape index (κ1) is 18.5. The van der Waals surface area contributed by atoms with Crippen LogP contribution >= 0.6 is 0 Å². The van der Waals surface area contributed by atoms with Gasteiger partial charge in [0, 0.05) is 13.6 Å². The van der Waals surface area contributed by atoms with Crippen LogP contribution in [0.1, 0.15) is 58.9 Å². The fourth-order valence-corrected chi connectivity index (χ4v) is 4.02. The fourth-order valence-electron chi connectivity index (χ4n) is 4.02. The lowest BCUT2D eigenvalue weighted by molar-refractivity contribution is 0.0932. The highest BCUT2D eigenvalue weighted by Crippen LogP contribution is 2.31. The molecule has 1 N–H and O–H groups in total. The molecule has 1 amide bonds. The van der Waals surface area contributed by atoms with E-state index in [1.165, 1.54) is 22.3 Å². The number of carbonyl (C=O) groups excluding carboxylic acids is 1. The Labute approximate surface area is 157 Å². The van der Waals surface area contributed by atoms with Gasteiger partial charge in [0.1, 0.15) is 0 Å². The molecular weight excluding hydrogens is 320 g/mol. The van der Waals surface area contributed by atoms with Gasteiger partial charge in [-0.3, -0.25) is 4.79 Å². The van der Waals surface area contributed by atoms with Crippen molar-refractivity contribution in [1.82, 2.24) is 5.32 Å². The van der Waals surface area contributed by atoms with Gasteiger partial charge in [-0.1, -0.05) is 55.3 Å². The van der Waals surface area contributed by atoms with Crippen LogP contribution < -0.4 is 10.2 Å². The predicted octanol–water partition coefficient (Wildman–Crippen LogP) is 4.81. The second-order valence-electron chi connectivity index (χ2n) is 8.06. The first-order valence-electron chi connectivity index (χ1n) is 9.57. The molecular formula is C23H30N2O. The third kappa shape index (κ3) is 3.92. The largest absolute Gasteiger partial charge is 0.373 e. The van der Waals surface area contributed by atoms with Crippen molar-refractivity contribution in [3.63, 3.8) is 0 Å². The van der Waals surface area contributed by atoms with E-state index in [1.54, 1.807) is 0 Å². The summed E-state index contributed by atoms with van der Waals surface area (Å²) in [7, 11) is 2.07. The number of carbonyl (C=O) groups is 1. The molecule has 0 saturated heterocycles. The Bertz CT molecular complexity index is 790. The van der Waals surface area contributed by atoms with Gasteiger partial charge in [0.2, 0.25) is 0 Å². The summed E-state index contributed by atoms with van der Waals surface area (Å²) in [6, 6.07) is 12.7. The van der Waals surface area contributed by atoms with Crippen molar-refractivity contribution in [2.24, 2.45) is 5.92 Å². The molecule has 0 fully saturated rings. The highest BCUT2D eigenvalue weighted by atomic mass is 16.1. The van der Waals surface area contributed by atoms with E-state index in [0.29, 0.717) is 5.92 Å². The summed E-state index contributed by atoms with van der Waals surface area (Å²) in [5, 5.41) is 3.32. The number of hydrogen-bond donors (Lipinski definition) is 1. The molecule has 0 saturated carbocycles. The Kier molecular flexibility index (Phi) is 5.36. The van der Waals surface area contributed by atoms with Gasteiger partial charge in [-0.05, 0) is 49.8 Å². The Hall–Kier alpha value is -2.29. The van der Waals surface area contributed by atoms with Crippen molar-refractivity contribution in [3.8, 4) is 0 Å². The van der Waals surface area contributed by atoms with Crippen molar-refractivity contribution in [1.29, 1.82) is 0 Å². The molecule has 26 heavy (non-hydrogen) atoms. The van der Waals surface area contributed by atoms with Gasteiger partial charge >= 0.3 is 0 Å². The van der Waals surface area contributed by atoms with Gasteiger partial charge in [0.05, 0.1) is 17.3 Å². The van der Waals surface area contributed by atoms with Crippen molar-refractivity contribution in [3.05, 3.63) is 64.2 Å². The second-order valence-corrected chi connectivity index (χ2v) is 8.06. The third-order valence-electron chi connectivity index (χ3n) is 5.12. The molecule has 1 atom stereocenters. The molecule has 2 aromatic carbocycles. The third-order valence-corrected chi connectivity index (χ3v) is 5.12. The Morgan fingerprint density at radius 3 is 2.50 bits per heavy atom. The summed E-state index contributed by atoms with van der Waals surface area (Å²) in [6.07, 6.45) is 1.94. The number of para-hydroxylation sites is 1. The van der Waals surface area contributed by atoms with Gasteiger partial charge < -0.3 is 10.2 Å². The van der Waals surface area contributed by atoms with Crippen LogP contribution in [0.25, 0.3) is 0 Å². The van der Waals surface area contributed by atoms with E-state index in [0.717, 1.165) is 30.6 Å². The molecule has 1 aliphatic rings. The van der Waals surface area contributed by atoms with Crippen LogP contribution in [-0.2, 0) is 6.42 Å². The number of amides is 1. The summed E-state index contributed by atoms with van der Waals surface area (Å²) >= 11 is 0. The van der Waals surface area contributed by atoms with Crippen molar-refractivity contribution >= 4 is 11.6 Å². The second kappa shape index (κ2) is 7.53. The number of nitrogens with one attached hydrogen (secondary N) is 1. The normalized spacial score (nSPS) is 14.5. The number of benzene rings is 2. The Balaban J connectivity index is 1.90. The standard InChI is InChI=1S/C23H30N2O/c1-15(2)11-21(19-13-16(3)12-17(4)14-19)24-23(26)20-8-6-7-18-9-10-25(5)22(18)20/h6-8,12-15,21H,9-11H2,1-5H3,(H,24,26).